The largest absolute Gasteiger partial charge is 0.504 e. The van der Waals surface area contributed by atoms with E-state index < -0.39 is 0 Å². The molecule has 0 radical (unpaired) electrons. The van der Waals surface area contributed by atoms with Gasteiger partial charge in [-0.25, -0.2) is 0 Å². The van der Waals surface area contributed by atoms with Crippen LogP contribution in [0.1, 0.15) is 103 Å². The normalized spacial score (nSPS) is 16.0. The monoisotopic (exact) mass is 360 g/mol. The van der Waals surface area contributed by atoms with Gasteiger partial charge in [0.25, 0.3) is 0 Å². The highest BCUT2D eigenvalue weighted by atomic mass is 16.3. The van der Waals surface area contributed by atoms with Crippen LogP contribution in [0.4, 0.5) is 0 Å². The van der Waals surface area contributed by atoms with E-state index >= 15 is 0 Å². The Kier molecular flexibility index (Phi) is 7.43. The van der Waals surface area contributed by atoms with Crippen molar-refractivity contribution in [2.75, 3.05) is 0 Å². The molecule has 0 aromatic heterocycles. The van der Waals surface area contributed by atoms with Gasteiger partial charge in [0.15, 0.2) is 11.5 Å². The number of aryl methyl sites for hydroxylation is 1. The predicted molar refractivity (Wildman–Crippen MR) is 111 cm³/mol. The maximum absolute atomic E-state index is 10.3. The zero-order chi connectivity index (χ0) is 19.2. The van der Waals surface area contributed by atoms with Crippen LogP contribution in [0.2, 0.25) is 0 Å². The summed E-state index contributed by atoms with van der Waals surface area (Å²) in [6, 6.07) is 3.67. The van der Waals surface area contributed by atoms with E-state index in [0.717, 1.165) is 31.2 Å². The molecule has 2 heteroatoms. The first-order chi connectivity index (χ1) is 12.3. The molecule has 0 unspecified atom stereocenters. The SMILES string of the molecule is CCC(C)(C)CCCCc1ccc(O)c(O)c1CCCCCC1(C)CC1. The molecule has 2 N–H and O–H groups in total. The molecule has 0 heterocycles. The van der Waals surface area contributed by atoms with E-state index in [4.69, 9.17) is 0 Å². The van der Waals surface area contributed by atoms with Crippen molar-refractivity contribution in [1.82, 2.24) is 0 Å². The Bertz CT molecular complexity index is 570. The Morgan fingerprint density at radius 1 is 0.962 bits per heavy atom. The minimum Gasteiger partial charge on any atom is -0.504 e. The number of rotatable bonds is 12. The average molecular weight is 361 g/mol. The van der Waals surface area contributed by atoms with E-state index in [1.165, 1.54) is 56.9 Å². The minimum atomic E-state index is 0.0290. The maximum Gasteiger partial charge on any atom is 0.160 e. The Balaban J connectivity index is 1.82. The lowest BCUT2D eigenvalue weighted by atomic mass is 9.84. The van der Waals surface area contributed by atoms with Crippen molar-refractivity contribution in [1.29, 1.82) is 0 Å². The number of hydrogen-bond donors (Lipinski definition) is 2. The van der Waals surface area contributed by atoms with Crippen molar-refractivity contribution in [3.8, 4) is 11.5 Å². The summed E-state index contributed by atoms with van der Waals surface area (Å²) in [6.45, 7) is 9.34. The molecule has 1 aliphatic rings. The standard InChI is InChI=1S/C24H40O2/c1-5-23(2,3)15-10-8-11-19-13-14-21(25)22(26)20(19)12-7-6-9-16-24(4)17-18-24/h13-14,25-26H,5-12,15-18H2,1-4H3. The lowest BCUT2D eigenvalue weighted by Crippen LogP contribution is -2.09. The van der Waals surface area contributed by atoms with Gasteiger partial charge >= 0.3 is 0 Å². The lowest BCUT2D eigenvalue weighted by Gasteiger charge is -2.22. The molecule has 1 fully saturated rings. The second-order valence-electron chi connectivity index (χ2n) is 9.67. The van der Waals surface area contributed by atoms with Gasteiger partial charge < -0.3 is 10.2 Å². The van der Waals surface area contributed by atoms with Gasteiger partial charge in [-0.3, -0.25) is 0 Å². The Morgan fingerprint density at radius 2 is 1.65 bits per heavy atom. The first kappa shape index (κ1) is 21.1. The fourth-order valence-corrected chi connectivity index (χ4v) is 3.77. The zero-order valence-electron chi connectivity index (χ0n) is 17.5. The molecule has 1 saturated carbocycles. The first-order valence-corrected chi connectivity index (χ1v) is 10.8. The Hall–Kier alpha value is -1.18. The molecule has 1 aliphatic carbocycles. The number of phenolic OH excluding ortho intramolecular Hbond substituents is 2. The Labute approximate surface area is 161 Å². The van der Waals surface area contributed by atoms with Crippen molar-refractivity contribution in [2.45, 2.75) is 105 Å². The van der Waals surface area contributed by atoms with Crippen LogP contribution >= 0.6 is 0 Å². The molecule has 0 saturated heterocycles. The summed E-state index contributed by atoms with van der Waals surface area (Å²) < 4.78 is 0. The fraction of sp³-hybridized carbons (Fsp3) is 0.750. The van der Waals surface area contributed by atoms with Crippen molar-refractivity contribution in [3.63, 3.8) is 0 Å². The fourth-order valence-electron chi connectivity index (χ4n) is 3.77. The highest BCUT2D eigenvalue weighted by molar-refractivity contribution is 5.49. The van der Waals surface area contributed by atoms with Gasteiger partial charge in [0, 0.05) is 5.56 Å². The van der Waals surface area contributed by atoms with Gasteiger partial charge in [-0.15, -0.1) is 0 Å². The van der Waals surface area contributed by atoms with E-state index in [0.29, 0.717) is 10.8 Å². The summed E-state index contributed by atoms with van der Waals surface area (Å²) in [6.07, 6.45) is 14.5. The average Bonchev–Trinajstić information content (AvgIpc) is 3.34. The van der Waals surface area contributed by atoms with Crippen LogP contribution < -0.4 is 0 Å². The van der Waals surface area contributed by atoms with Crippen LogP contribution in [-0.2, 0) is 12.8 Å². The molecule has 0 bridgehead atoms. The molecule has 1 aromatic rings. The quantitative estimate of drug-likeness (QED) is 0.307. The van der Waals surface area contributed by atoms with Gasteiger partial charge in [0.05, 0.1) is 0 Å². The molecule has 0 amide bonds. The lowest BCUT2D eigenvalue weighted by molar-refractivity contribution is 0.309. The topological polar surface area (TPSA) is 40.5 Å². The van der Waals surface area contributed by atoms with E-state index in [1.807, 2.05) is 6.07 Å². The van der Waals surface area contributed by atoms with Crippen LogP contribution in [0, 0.1) is 10.8 Å². The Morgan fingerprint density at radius 3 is 2.31 bits per heavy atom. The summed E-state index contributed by atoms with van der Waals surface area (Å²) in [4.78, 5) is 0. The summed E-state index contributed by atoms with van der Waals surface area (Å²) in [5, 5.41) is 20.3. The highest BCUT2D eigenvalue weighted by Crippen LogP contribution is 2.49. The van der Waals surface area contributed by atoms with Gasteiger partial charge in [-0.05, 0) is 73.8 Å². The van der Waals surface area contributed by atoms with Crippen molar-refractivity contribution >= 4 is 0 Å². The second-order valence-corrected chi connectivity index (χ2v) is 9.67. The zero-order valence-corrected chi connectivity index (χ0v) is 17.5. The second kappa shape index (κ2) is 9.15. The van der Waals surface area contributed by atoms with E-state index in [-0.39, 0.29) is 11.5 Å². The molecule has 2 rings (SSSR count). The molecular formula is C24H40O2. The third-order valence-corrected chi connectivity index (χ3v) is 6.68. The van der Waals surface area contributed by atoms with Gasteiger partial charge in [0.1, 0.15) is 0 Å². The van der Waals surface area contributed by atoms with E-state index in [2.05, 4.69) is 27.7 Å². The van der Waals surface area contributed by atoms with Crippen molar-refractivity contribution in [3.05, 3.63) is 23.3 Å². The highest BCUT2D eigenvalue weighted by Gasteiger charge is 2.35. The number of aromatic hydroxyl groups is 2. The summed E-state index contributed by atoms with van der Waals surface area (Å²) in [5.74, 6) is 0.145. The summed E-state index contributed by atoms with van der Waals surface area (Å²) in [5.41, 5.74) is 3.28. The molecule has 26 heavy (non-hydrogen) atoms. The number of benzene rings is 1. The van der Waals surface area contributed by atoms with Crippen LogP contribution in [0.25, 0.3) is 0 Å². The maximum atomic E-state index is 10.3. The smallest absolute Gasteiger partial charge is 0.160 e. The van der Waals surface area contributed by atoms with Gasteiger partial charge in [0.2, 0.25) is 0 Å². The van der Waals surface area contributed by atoms with E-state index in [9.17, 15) is 10.2 Å². The van der Waals surface area contributed by atoms with Crippen molar-refractivity contribution in [2.24, 2.45) is 10.8 Å². The number of unbranched alkanes of at least 4 members (excludes halogenated alkanes) is 3. The third-order valence-electron chi connectivity index (χ3n) is 6.68. The van der Waals surface area contributed by atoms with E-state index in [1.54, 1.807) is 6.07 Å². The van der Waals surface area contributed by atoms with Crippen LogP contribution in [0.5, 0.6) is 11.5 Å². The molecule has 0 spiro atoms. The molecule has 0 atom stereocenters. The third kappa shape index (κ3) is 6.52. The molecule has 2 nitrogen and oxygen atoms in total. The van der Waals surface area contributed by atoms with Gasteiger partial charge in [-0.1, -0.05) is 59.4 Å². The predicted octanol–water partition coefficient (Wildman–Crippen LogP) is 7.15. The number of phenols is 2. The van der Waals surface area contributed by atoms with Crippen LogP contribution in [0.15, 0.2) is 12.1 Å². The molecule has 148 valence electrons. The van der Waals surface area contributed by atoms with Crippen molar-refractivity contribution < 1.29 is 10.2 Å². The van der Waals surface area contributed by atoms with Gasteiger partial charge in [-0.2, -0.15) is 0 Å². The summed E-state index contributed by atoms with van der Waals surface area (Å²) in [7, 11) is 0. The van der Waals surface area contributed by atoms with Crippen LogP contribution in [-0.4, -0.2) is 10.2 Å². The molecule has 1 aromatic carbocycles. The number of hydrogen-bond acceptors (Lipinski definition) is 2. The molecule has 0 aliphatic heterocycles. The minimum absolute atomic E-state index is 0.0290. The molecular weight excluding hydrogens is 320 g/mol. The van der Waals surface area contributed by atoms with Crippen LogP contribution in [0.3, 0.4) is 0 Å². The first-order valence-electron chi connectivity index (χ1n) is 10.8. The summed E-state index contributed by atoms with van der Waals surface area (Å²) >= 11 is 0.